The van der Waals surface area contributed by atoms with Gasteiger partial charge in [0, 0.05) is 9.52 Å². The Morgan fingerprint density at radius 1 is 0.792 bits per heavy atom. The molecule has 0 amide bonds. The summed E-state index contributed by atoms with van der Waals surface area (Å²) in [7, 11) is 10.6. The van der Waals surface area contributed by atoms with Gasteiger partial charge in [-0.15, -0.1) is 0 Å². The number of hydrogen-bond acceptors (Lipinski definition) is 0. The Morgan fingerprint density at radius 3 is 1.12 bits per heavy atom. The summed E-state index contributed by atoms with van der Waals surface area (Å²) in [5.74, 6) is 0. The third-order valence-electron chi connectivity index (χ3n) is 3.06. The van der Waals surface area contributed by atoms with Crippen molar-refractivity contribution in [3.63, 3.8) is 0 Å². The van der Waals surface area contributed by atoms with E-state index < -0.39 is 15.4 Å². The van der Waals surface area contributed by atoms with Gasteiger partial charge in [-0.25, -0.2) is 12.1 Å². The van der Waals surface area contributed by atoms with Crippen LogP contribution >= 0.6 is 19.3 Å². The summed E-state index contributed by atoms with van der Waals surface area (Å²) in [6, 6.07) is 17.0. The molecule has 2 rings (SSSR count). The Hall–Kier alpha value is 0.133. The van der Waals surface area contributed by atoms with Gasteiger partial charge in [0.15, 0.2) is 0 Å². The van der Waals surface area contributed by atoms with Gasteiger partial charge in [-0.1, -0.05) is 65.5 Å². The molecule has 0 nitrogen and oxygen atoms in total. The van der Waals surface area contributed by atoms with Gasteiger partial charge < -0.3 is 0 Å². The van der Waals surface area contributed by atoms with Crippen LogP contribution in [0.25, 0.3) is 0 Å². The Bertz CT molecular complexity index is 416. The molecule has 0 spiro atoms. The molecule has 0 aliphatic rings. The molecule has 0 unspecified atom stereocenters. The summed E-state index contributed by atoms with van der Waals surface area (Å²) in [6.07, 6.45) is 0. The van der Waals surface area contributed by atoms with E-state index in [-0.39, 0.29) is 0 Å². The van der Waals surface area contributed by atoms with Crippen LogP contribution in [0.4, 0.5) is 0 Å². The Balaban J connectivity index is 0. The quantitative estimate of drug-likeness (QED) is 0.234. The summed E-state index contributed by atoms with van der Waals surface area (Å²) in [5.41, 5.74) is 3.48. The van der Waals surface area contributed by atoms with Crippen molar-refractivity contribution in [1.29, 1.82) is 0 Å². The van der Waals surface area contributed by atoms with Gasteiger partial charge in [0.2, 0.25) is 0 Å². The standard InChI is InChI=1S/2C9H13.C2H7Si.2ClH.Os/c2*1-9(2,3)8-6-4-5-7-8;1-3-2;;;/h2*4-7H,1-3H3;3H,1-2H3;2*1H;/q2*-1;;;;+2/p-2. The molecule has 141 valence electrons. The normalized spacial score (nSPS) is 10.6. The first-order valence-electron chi connectivity index (χ1n) is 8.08. The molecule has 2 aromatic carbocycles. The molecule has 1 radical (unpaired) electrons. The zero-order valence-corrected chi connectivity index (χ0v) is 21.5. The first-order valence-corrected chi connectivity index (χ1v) is 16.7. The number of halogens is 2. The fourth-order valence-electron chi connectivity index (χ4n) is 1.75. The van der Waals surface area contributed by atoms with Crippen LogP contribution in [0.2, 0.25) is 13.1 Å². The molecule has 2 aromatic rings. The van der Waals surface area contributed by atoms with E-state index in [1.807, 2.05) is 0 Å². The summed E-state index contributed by atoms with van der Waals surface area (Å²) < 4.78 is 0. The van der Waals surface area contributed by atoms with E-state index in [4.69, 9.17) is 19.3 Å². The molecule has 0 fully saturated rings. The second-order valence-corrected chi connectivity index (χ2v) is 12.3. The van der Waals surface area contributed by atoms with E-state index >= 15 is 0 Å². The molecule has 0 aliphatic carbocycles. The van der Waals surface area contributed by atoms with Gasteiger partial charge in [0.25, 0.3) is 0 Å². The van der Waals surface area contributed by atoms with Crippen LogP contribution in [0.3, 0.4) is 0 Å². The zero-order valence-electron chi connectivity index (χ0n) is 16.3. The maximum atomic E-state index is 4.90. The van der Waals surface area contributed by atoms with Crippen LogP contribution in [0.1, 0.15) is 52.7 Å². The zero-order chi connectivity index (χ0) is 19.2. The van der Waals surface area contributed by atoms with Crippen molar-refractivity contribution >= 4 is 28.8 Å². The topological polar surface area (TPSA) is 0 Å². The molecule has 0 bridgehead atoms. The average molecular weight is 563 g/mol. The summed E-state index contributed by atoms with van der Waals surface area (Å²) >= 11 is -0.639. The molecule has 4 heteroatoms. The van der Waals surface area contributed by atoms with Crippen LogP contribution in [0.15, 0.2) is 48.5 Å². The van der Waals surface area contributed by atoms with E-state index in [9.17, 15) is 0 Å². The van der Waals surface area contributed by atoms with Gasteiger partial charge in [0.1, 0.15) is 0 Å². The van der Waals surface area contributed by atoms with Crippen LogP contribution in [-0.4, -0.2) is 9.52 Å². The summed E-state index contributed by atoms with van der Waals surface area (Å²) in [5, 5.41) is 0. The molecule has 0 heterocycles. The average Bonchev–Trinajstić information content (AvgIpc) is 3.14. The molecule has 24 heavy (non-hydrogen) atoms. The van der Waals surface area contributed by atoms with Crippen molar-refractivity contribution in [2.45, 2.75) is 65.5 Å². The summed E-state index contributed by atoms with van der Waals surface area (Å²) in [6.45, 7) is 17.8. The minimum atomic E-state index is -0.639. The van der Waals surface area contributed by atoms with Gasteiger partial charge >= 0.3 is 34.7 Å². The van der Waals surface area contributed by atoms with E-state index in [0.29, 0.717) is 10.8 Å². The van der Waals surface area contributed by atoms with Crippen LogP contribution < -0.4 is 0 Å². The van der Waals surface area contributed by atoms with Crippen molar-refractivity contribution in [1.82, 2.24) is 0 Å². The Morgan fingerprint density at radius 2 is 1.04 bits per heavy atom. The second kappa shape index (κ2) is 14.3. The van der Waals surface area contributed by atoms with Crippen molar-refractivity contribution in [2.24, 2.45) is 0 Å². The fourth-order valence-corrected chi connectivity index (χ4v) is 1.75. The second-order valence-electron chi connectivity index (χ2n) is 7.48. The Kier molecular flexibility index (Phi) is 15.7. The van der Waals surface area contributed by atoms with Crippen LogP contribution in [0.5, 0.6) is 0 Å². The maximum absolute atomic E-state index is 4.90. The SMILES string of the molecule is CC(C)(C)c1cc[cH-]c1.CC(C)(C)c1cc[cH-]c1.C[SiH]C.[Cl][Os][Cl]. The monoisotopic (exact) mass is 563 g/mol. The van der Waals surface area contributed by atoms with Crippen LogP contribution in [-0.2, 0) is 26.2 Å². The van der Waals surface area contributed by atoms with Crippen molar-refractivity contribution in [3.05, 3.63) is 59.7 Å². The van der Waals surface area contributed by atoms with Crippen molar-refractivity contribution in [2.75, 3.05) is 0 Å². The van der Waals surface area contributed by atoms with E-state index in [0.717, 1.165) is 9.52 Å². The summed E-state index contributed by atoms with van der Waals surface area (Å²) in [4.78, 5) is 0. The fraction of sp³-hybridized carbons (Fsp3) is 0.500. The van der Waals surface area contributed by atoms with Crippen molar-refractivity contribution < 1.29 is 15.4 Å². The molecular formula is C20H33Cl2OsSi-2. The molecular weight excluding hydrogens is 529 g/mol. The van der Waals surface area contributed by atoms with E-state index in [1.165, 1.54) is 11.1 Å². The number of hydrogen-bond donors (Lipinski definition) is 0. The minimum absolute atomic E-state index is 0.323. The van der Waals surface area contributed by atoms with Crippen LogP contribution in [0, 0.1) is 0 Å². The van der Waals surface area contributed by atoms with Crippen molar-refractivity contribution in [3.8, 4) is 0 Å². The van der Waals surface area contributed by atoms with Gasteiger partial charge in [-0.3, -0.25) is 0 Å². The van der Waals surface area contributed by atoms with E-state index in [1.54, 1.807) is 0 Å². The third-order valence-corrected chi connectivity index (χ3v) is 3.06. The number of rotatable bonds is 0. The molecule has 0 aromatic heterocycles. The molecule has 0 saturated carbocycles. The third kappa shape index (κ3) is 14.5. The molecule has 0 aliphatic heterocycles. The molecule has 0 atom stereocenters. The predicted octanol–water partition coefficient (Wildman–Crippen LogP) is 7.30. The molecule has 0 N–H and O–H groups in total. The first kappa shape index (κ1) is 26.4. The predicted molar refractivity (Wildman–Crippen MR) is 112 cm³/mol. The van der Waals surface area contributed by atoms with Gasteiger partial charge in [-0.2, -0.15) is 47.5 Å². The van der Waals surface area contributed by atoms with Gasteiger partial charge in [0.05, 0.1) is 0 Å². The first-order chi connectivity index (χ1) is 11.0. The molecule has 0 saturated heterocycles. The van der Waals surface area contributed by atoms with Gasteiger partial charge in [-0.05, 0) is 0 Å². The van der Waals surface area contributed by atoms with E-state index in [2.05, 4.69) is 103 Å². The Labute approximate surface area is 168 Å².